The number of aryl methyl sites for hydroxylation is 1. The molecule has 0 bridgehead atoms. The van der Waals surface area contributed by atoms with Crippen molar-refractivity contribution in [1.82, 2.24) is 10.3 Å². The predicted molar refractivity (Wildman–Crippen MR) is 71.4 cm³/mol. The zero-order valence-corrected chi connectivity index (χ0v) is 11.2. The minimum atomic E-state index is -0.148. The normalized spacial score (nSPS) is 12.2. The van der Waals surface area contributed by atoms with Gasteiger partial charge in [0.05, 0.1) is 6.10 Å². The van der Waals surface area contributed by atoms with Crippen molar-refractivity contribution in [2.24, 2.45) is 0 Å². The number of hydrogen-bond acceptors (Lipinski definition) is 4. The molecule has 0 radical (unpaired) electrons. The molecule has 1 atom stereocenters. The maximum Gasteiger partial charge on any atom is 0.251 e. The number of rotatable bonds is 6. The largest absolute Gasteiger partial charge is 0.384 e. The van der Waals surface area contributed by atoms with Gasteiger partial charge in [-0.3, -0.25) is 4.79 Å². The van der Waals surface area contributed by atoms with E-state index in [1.165, 1.54) is 0 Å². The lowest BCUT2D eigenvalue weighted by atomic mass is 10.2. The summed E-state index contributed by atoms with van der Waals surface area (Å²) >= 11 is 0. The number of anilines is 1. The summed E-state index contributed by atoms with van der Waals surface area (Å²) in [4.78, 5) is 16.1. The van der Waals surface area contributed by atoms with Gasteiger partial charge < -0.3 is 15.8 Å². The fourth-order valence-corrected chi connectivity index (χ4v) is 1.61. The van der Waals surface area contributed by atoms with Gasteiger partial charge in [0, 0.05) is 24.4 Å². The van der Waals surface area contributed by atoms with Crippen molar-refractivity contribution in [3.05, 3.63) is 23.4 Å². The number of ether oxygens (including phenoxy) is 1. The number of amides is 1. The molecule has 1 rings (SSSR count). The van der Waals surface area contributed by atoms with E-state index in [-0.39, 0.29) is 12.0 Å². The van der Waals surface area contributed by atoms with Gasteiger partial charge in [-0.05, 0) is 32.4 Å². The van der Waals surface area contributed by atoms with E-state index in [9.17, 15) is 4.79 Å². The monoisotopic (exact) mass is 251 g/mol. The lowest BCUT2D eigenvalue weighted by Crippen LogP contribution is -2.32. The van der Waals surface area contributed by atoms with Gasteiger partial charge in [-0.25, -0.2) is 4.98 Å². The Hall–Kier alpha value is -1.62. The Morgan fingerprint density at radius 1 is 1.50 bits per heavy atom. The van der Waals surface area contributed by atoms with Gasteiger partial charge in [-0.15, -0.1) is 0 Å². The number of carbonyl (C=O) groups is 1. The molecule has 100 valence electrons. The summed E-state index contributed by atoms with van der Waals surface area (Å²) in [5.41, 5.74) is 7.02. The third kappa shape index (κ3) is 4.33. The van der Waals surface area contributed by atoms with E-state index in [0.29, 0.717) is 24.5 Å². The number of hydrogen-bond donors (Lipinski definition) is 2. The summed E-state index contributed by atoms with van der Waals surface area (Å²) in [6.45, 7) is 6.94. The molecule has 5 nitrogen and oxygen atoms in total. The minimum Gasteiger partial charge on any atom is -0.384 e. The molecule has 0 fully saturated rings. The van der Waals surface area contributed by atoms with Crippen molar-refractivity contribution in [2.75, 3.05) is 18.9 Å². The van der Waals surface area contributed by atoms with Gasteiger partial charge in [-0.2, -0.15) is 0 Å². The van der Waals surface area contributed by atoms with Gasteiger partial charge in [0.15, 0.2) is 0 Å². The number of nitrogens with one attached hydrogen (secondary N) is 1. The highest BCUT2D eigenvalue weighted by atomic mass is 16.5. The van der Waals surface area contributed by atoms with Crippen LogP contribution in [0.25, 0.3) is 0 Å². The highest BCUT2D eigenvalue weighted by molar-refractivity contribution is 5.94. The van der Waals surface area contributed by atoms with Crippen LogP contribution in [0.5, 0.6) is 0 Å². The first kappa shape index (κ1) is 14.4. The Balaban J connectivity index is 2.63. The maximum absolute atomic E-state index is 11.9. The molecule has 5 heteroatoms. The molecule has 0 saturated carbocycles. The lowest BCUT2D eigenvalue weighted by Gasteiger charge is -2.13. The van der Waals surface area contributed by atoms with Crippen LogP contribution < -0.4 is 11.1 Å². The highest BCUT2D eigenvalue weighted by Crippen LogP contribution is 2.08. The highest BCUT2D eigenvalue weighted by Gasteiger charge is 2.09. The molecule has 0 aromatic carbocycles. The summed E-state index contributed by atoms with van der Waals surface area (Å²) in [6, 6.07) is 3.34. The van der Waals surface area contributed by atoms with Crippen molar-refractivity contribution in [3.63, 3.8) is 0 Å². The van der Waals surface area contributed by atoms with Crippen LogP contribution in [0.3, 0.4) is 0 Å². The van der Waals surface area contributed by atoms with E-state index in [2.05, 4.69) is 10.3 Å². The molecule has 1 amide bonds. The second-order valence-corrected chi connectivity index (χ2v) is 4.10. The Labute approximate surface area is 108 Å². The van der Waals surface area contributed by atoms with Crippen LogP contribution in [0, 0.1) is 0 Å². The average molecular weight is 251 g/mol. The molecule has 0 aliphatic carbocycles. The zero-order valence-electron chi connectivity index (χ0n) is 11.2. The summed E-state index contributed by atoms with van der Waals surface area (Å²) in [5.74, 6) is 0.225. The molecule has 1 unspecified atom stereocenters. The second-order valence-electron chi connectivity index (χ2n) is 4.10. The quantitative estimate of drug-likeness (QED) is 0.800. The van der Waals surface area contributed by atoms with E-state index >= 15 is 0 Å². The predicted octanol–water partition coefficient (Wildman–Crippen LogP) is 1.38. The van der Waals surface area contributed by atoms with Crippen LogP contribution in [0.15, 0.2) is 12.1 Å². The maximum atomic E-state index is 11.9. The second kappa shape index (κ2) is 6.96. The Bertz CT molecular complexity index is 407. The third-order valence-corrected chi connectivity index (χ3v) is 2.52. The number of nitrogen functional groups attached to an aromatic ring is 1. The molecular formula is C13H21N3O2. The molecule has 1 aromatic heterocycles. The van der Waals surface area contributed by atoms with Crippen LogP contribution in [0.1, 0.15) is 36.8 Å². The third-order valence-electron chi connectivity index (χ3n) is 2.52. The number of aromatic nitrogens is 1. The van der Waals surface area contributed by atoms with Gasteiger partial charge in [0.25, 0.3) is 5.91 Å². The van der Waals surface area contributed by atoms with Crippen molar-refractivity contribution >= 4 is 11.7 Å². The van der Waals surface area contributed by atoms with Gasteiger partial charge in [-0.1, -0.05) is 6.92 Å². The fourth-order valence-electron chi connectivity index (χ4n) is 1.61. The molecule has 0 saturated heterocycles. The van der Waals surface area contributed by atoms with Crippen molar-refractivity contribution in [2.45, 2.75) is 33.3 Å². The number of nitrogens with zero attached hydrogens (tertiary/aromatic N) is 1. The van der Waals surface area contributed by atoms with E-state index in [4.69, 9.17) is 10.5 Å². The number of pyridine rings is 1. The molecule has 1 heterocycles. The first-order chi connectivity index (χ1) is 8.56. The standard InChI is InChI=1S/C13H21N3O2/c1-4-11-6-10(7-12(14)16-11)13(17)15-8-9(3)18-5-2/h6-7,9H,4-5,8H2,1-3H3,(H2,14,16)(H,15,17). The number of nitrogens with two attached hydrogens (primary N) is 1. The van der Waals surface area contributed by atoms with Crippen molar-refractivity contribution < 1.29 is 9.53 Å². The van der Waals surface area contributed by atoms with Crippen molar-refractivity contribution in [1.29, 1.82) is 0 Å². The van der Waals surface area contributed by atoms with E-state index in [1.54, 1.807) is 12.1 Å². The van der Waals surface area contributed by atoms with Crippen LogP contribution in [-0.2, 0) is 11.2 Å². The minimum absolute atomic E-state index is 0.00350. The zero-order chi connectivity index (χ0) is 13.5. The van der Waals surface area contributed by atoms with Gasteiger partial charge in [0.2, 0.25) is 0 Å². The van der Waals surface area contributed by atoms with Crippen LogP contribution in [0.2, 0.25) is 0 Å². The average Bonchev–Trinajstić information content (AvgIpc) is 2.35. The summed E-state index contributed by atoms with van der Waals surface area (Å²) in [6.07, 6.45) is 0.754. The SMILES string of the molecule is CCOC(C)CNC(=O)c1cc(N)nc(CC)c1. The molecule has 0 spiro atoms. The van der Waals surface area contributed by atoms with E-state index in [1.807, 2.05) is 20.8 Å². The lowest BCUT2D eigenvalue weighted by molar-refractivity contribution is 0.0695. The van der Waals surface area contributed by atoms with Crippen LogP contribution >= 0.6 is 0 Å². The smallest absolute Gasteiger partial charge is 0.251 e. The van der Waals surface area contributed by atoms with Gasteiger partial charge in [0.1, 0.15) is 5.82 Å². The first-order valence-electron chi connectivity index (χ1n) is 6.23. The van der Waals surface area contributed by atoms with E-state index < -0.39 is 0 Å². The molecule has 0 aliphatic heterocycles. The topological polar surface area (TPSA) is 77.2 Å². The summed E-state index contributed by atoms with van der Waals surface area (Å²) in [5, 5.41) is 2.81. The van der Waals surface area contributed by atoms with E-state index in [0.717, 1.165) is 12.1 Å². The summed E-state index contributed by atoms with van der Waals surface area (Å²) in [7, 11) is 0. The molecule has 1 aromatic rings. The number of carbonyl (C=O) groups excluding carboxylic acids is 1. The van der Waals surface area contributed by atoms with Crippen LogP contribution in [-0.4, -0.2) is 30.1 Å². The summed E-state index contributed by atoms with van der Waals surface area (Å²) < 4.78 is 5.34. The molecule has 0 aliphatic rings. The van der Waals surface area contributed by atoms with Crippen molar-refractivity contribution in [3.8, 4) is 0 Å². The molecule has 18 heavy (non-hydrogen) atoms. The fraction of sp³-hybridized carbons (Fsp3) is 0.538. The van der Waals surface area contributed by atoms with Gasteiger partial charge >= 0.3 is 0 Å². The molecular weight excluding hydrogens is 230 g/mol. The first-order valence-corrected chi connectivity index (χ1v) is 6.23. The Morgan fingerprint density at radius 3 is 2.83 bits per heavy atom. The Kier molecular flexibility index (Phi) is 5.58. The van der Waals surface area contributed by atoms with Crippen LogP contribution in [0.4, 0.5) is 5.82 Å². The molecule has 3 N–H and O–H groups in total. The Morgan fingerprint density at radius 2 is 2.22 bits per heavy atom.